The quantitative estimate of drug-likeness (QED) is 0.550. The molecule has 15 heavy (non-hydrogen) atoms. The van der Waals surface area contributed by atoms with Gasteiger partial charge >= 0.3 is 0 Å². The number of terminal acetylenes is 1. The molecule has 1 N–H and O–H groups in total. The number of rotatable bonds is 4. The molecule has 3 unspecified atom stereocenters. The average molecular weight is 207 g/mol. The van der Waals surface area contributed by atoms with Crippen LogP contribution in [0.25, 0.3) is 0 Å². The Labute approximate surface area is 95.0 Å². The molecule has 1 nitrogen and oxygen atoms in total. The Kier molecular flexibility index (Phi) is 5.79. The lowest BCUT2D eigenvalue weighted by Gasteiger charge is -2.21. The van der Waals surface area contributed by atoms with Crippen molar-refractivity contribution in [1.82, 2.24) is 5.32 Å². The van der Waals surface area contributed by atoms with Gasteiger partial charge in [0.05, 0.1) is 6.04 Å². The maximum atomic E-state index is 5.53. The lowest BCUT2D eigenvalue weighted by atomic mass is 10.0. The van der Waals surface area contributed by atoms with Crippen molar-refractivity contribution in [3.63, 3.8) is 0 Å². The number of hydrogen-bond acceptors (Lipinski definition) is 1. The van der Waals surface area contributed by atoms with E-state index in [1.54, 1.807) is 0 Å². The van der Waals surface area contributed by atoms with E-state index in [0.29, 0.717) is 12.1 Å². The largest absolute Gasteiger partial charge is 0.301 e. The molecule has 1 aliphatic rings. The second-order valence-electron chi connectivity index (χ2n) is 4.98. The highest BCUT2D eigenvalue weighted by Crippen LogP contribution is 2.23. The van der Waals surface area contributed by atoms with Crippen molar-refractivity contribution in [2.75, 3.05) is 0 Å². The first-order chi connectivity index (χ1) is 7.26. The lowest BCUT2D eigenvalue weighted by molar-refractivity contribution is 0.413. The van der Waals surface area contributed by atoms with E-state index >= 15 is 0 Å². The Bertz CT molecular complexity index is 204. The van der Waals surface area contributed by atoms with Crippen LogP contribution in [0.1, 0.15) is 58.8 Å². The standard InChI is InChI=1S/C14H25N/c1-4-7-13(5-2)15-14-9-6-8-12(3)10-11-14/h2,12-15H,4,6-11H2,1,3H3. The van der Waals surface area contributed by atoms with E-state index in [1.807, 2.05) is 0 Å². The van der Waals surface area contributed by atoms with Crippen molar-refractivity contribution >= 4 is 0 Å². The van der Waals surface area contributed by atoms with E-state index in [9.17, 15) is 0 Å². The molecule has 1 heteroatoms. The highest BCUT2D eigenvalue weighted by Gasteiger charge is 2.17. The summed E-state index contributed by atoms with van der Waals surface area (Å²) in [5, 5.41) is 3.63. The minimum absolute atomic E-state index is 0.299. The molecule has 3 atom stereocenters. The molecule has 0 saturated heterocycles. The fraction of sp³-hybridized carbons (Fsp3) is 0.857. The first-order valence-electron chi connectivity index (χ1n) is 6.48. The molecule has 0 aromatic rings. The molecular formula is C14H25N. The molecule has 1 saturated carbocycles. The second-order valence-corrected chi connectivity index (χ2v) is 4.98. The highest BCUT2D eigenvalue weighted by atomic mass is 14.9. The van der Waals surface area contributed by atoms with Crippen LogP contribution in [0.3, 0.4) is 0 Å². The zero-order valence-electron chi connectivity index (χ0n) is 10.3. The van der Waals surface area contributed by atoms with Gasteiger partial charge in [0.2, 0.25) is 0 Å². The van der Waals surface area contributed by atoms with Gasteiger partial charge in [-0.05, 0) is 31.6 Å². The van der Waals surface area contributed by atoms with Gasteiger partial charge in [0, 0.05) is 6.04 Å². The van der Waals surface area contributed by atoms with E-state index in [4.69, 9.17) is 6.42 Å². The van der Waals surface area contributed by atoms with Gasteiger partial charge in [-0.3, -0.25) is 0 Å². The van der Waals surface area contributed by atoms with E-state index in [1.165, 1.54) is 38.5 Å². The molecule has 0 aromatic carbocycles. The van der Waals surface area contributed by atoms with Crippen LogP contribution in [0.2, 0.25) is 0 Å². The Hall–Kier alpha value is -0.480. The van der Waals surface area contributed by atoms with Gasteiger partial charge in [-0.1, -0.05) is 39.0 Å². The third kappa shape index (κ3) is 4.71. The number of nitrogens with one attached hydrogen (secondary N) is 1. The molecule has 0 bridgehead atoms. The van der Waals surface area contributed by atoms with Gasteiger partial charge in [0.25, 0.3) is 0 Å². The first kappa shape index (κ1) is 12.6. The van der Waals surface area contributed by atoms with E-state index < -0.39 is 0 Å². The Morgan fingerprint density at radius 3 is 2.80 bits per heavy atom. The van der Waals surface area contributed by atoms with Gasteiger partial charge in [-0.25, -0.2) is 0 Å². The predicted octanol–water partition coefficient (Wildman–Crippen LogP) is 3.35. The van der Waals surface area contributed by atoms with Gasteiger partial charge < -0.3 is 5.32 Å². The van der Waals surface area contributed by atoms with Crippen molar-refractivity contribution < 1.29 is 0 Å². The van der Waals surface area contributed by atoms with Crippen LogP contribution in [0.5, 0.6) is 0 Å². The zero-order valence-corrected chi connectivity index (χ0v) is 10.3. The molecule has 1 aliphatic carbocycles. The molecule has 0 amide bonds. The predicted molar refractivity (Wildman–Crippen MR) is 66.7 cm³/mol. The van der Waals surface area contributed by atoms with Crippen LogP contribution in [0.15, 0.2) is 0 Å². The van der Waals surface area contributed by atoms with Crippen molar-refractivity contribution in [2.45, 2.75) is 70.9 Å². The Morgan fingerprint density at radius 2 is 2.13 bits per heavy atom. The van der Waals surface area contributed by atoms with E-state index in [-0.39, 0.29) is 0 Å². The molecule has 1 rings (SSSR count). The fourth-order valence-corrected chi connectivity index (χ4v) is 2.44. The van der Waals surface area contributed by atoms with Crippen LogP contribution in [0.4, 0.5) is 0 Å². The molecule has 86 valence electrons. The third-order valence-corrected chi connectivity index (χ3v) is 3.47. The zero-order chi connectivity index (χ0) is 11.1. The summed E-state index contributed by atoms with van der Waals surface area (Å²) in [5.41, 5.74) is 0. The lowest BCUT2D eigenvalue weighted by Crippen LogP contribution is -2.37. The Morgan fingerprint density at radius 1 is 1.33 bits per heavy atom. The molecule has 0 spiro atoms. The van der Waals surface area contributed by atoms with Gasteiger partial charge in [-0.15, -0.1) is 6.42 Å². The van der Waals surface area contributed by atoms with E-state index in [2.05, 4.69) is 25.1 Å². The summed E-state index contributed by atoms with van der Waals surface area (Å²) in [7, 11) is 0. The molecule has 0 aromatic heterocycles. The normalized spacial score (nSPS) is 29.1. The van der Waals surface area contributed by atoms with Crippen molar-refractivity contribution in [2.24, 2.45) is 5.92 Å². The van der Waals surface area contributed by atoms with Crippen LogP contribution in [0, 0.1) is 18.3 Å². The second kappa shape index (κ2) is 6.90. The fourth-order valence-electron chi connectivity index (χ4n) is 2.44. The highest BCUT2D eigenvalue weighted by molar-refractivity contribution is 4.99. The molecule has 1 fully saturated rings. The summed E-state index contributed by atoms with van der Waals surface area (Å²) in [6, 6.07) is 0.968. The van der Waals surface area contributed by atoms with Crippen LogP contribution < -0.4 is 5.32 Å². The van der Waals surface area contributed by atoms with Crippen LogP contribution in [-0.4, -0.2) is 12.1 Å². The maximum absolute atomic E-state index is 5.53. The summed E-state index contributed by atoms with van der Waals surface area (Å²) < 4.78 is 0. The van der Waals surface area contributed by atoms with Crippen molar-refractivity contribution in [3.05, 3.63) is 0 Å². The Balaban J connectivity index is 2.33. The summed E-state index contributed by atoms with van der Waals surface area (Å²) in [5.74, 6) is 3.78. The van der Waals surface area contributed by atoms with Crippen molar-refractivity contribution in [3.8, 4) is 12.3 Å². The topological polar surface area (TPSA) is 12.0 Å². The minimum atomic E-state index is 0.299. The monoisotopic (exact) mass is 207 g/mol. The summed E-state index contributed by atoms with van der Waals surface area (Å²) >= 11 is 0. The average Bonchev–Trinajstić information content (AvgIpc) is 2.43. The van der Waals surface area contributed by atoms with Crippen molar-refractivity contribution in [1.29, 1.82) is 0 Å². The SMILES string of the molecule is C#CC(CCC)NC1CCCC(C)CC1. The summed E-state index contributed by atoms with van der Waals surface area (Å²) in [6.45, 7) is 4.56. The van der Waals surface area contributed by atoms with Gasteiger partial charge in [-0.2, -0.15) is 0 Å². The molecule has 0 radical (unpaired) electrons. The van der Waals surface area contributed by atoms with Crippen LogP contribution in [-0.2, 0) is 0 Å². The number of hydrogen-bond donors (Lipinski definition) is 1. The van der Waals surface area contributed by atoms with Crippen LogP contribution >= 0.6 is 0 Å². The van der Waals surface area contributed by atoms with E-state index in [0.717, 1.165) is 12.3 Å². The smallest absolute Gasteiger partial charge is 0.0688 e. The summed E-state index contributed by atoms with van der Waals surface area (Å²) in [4.78, 5) is 0. The molecular weight excluding hydrogens is 182 g/mol. The first-order valence-corrected chi connectivity index (χ1v) is 6.48. The maximum Gasteiger partial charge on any atom is 0.0688 e. The third-order valence-electron chi connectivity index (χ3n) is 3.47. The molecule has 0 aliphatic heterocycles. The molecule has 0 heterocycles. The van der Waals surface area contributed by atoms with Gasteiger partial charge in [0.15, 0.2) is 0 Å². The minimum Gasteiger partial charge on any atom is -0.301 e. The van der Waals surface area contributed by atoms with Gasteiger partial charge in [0.1, 0.15) is 0 Å². The summed E-state index contributed by atoms with van der Waals surface area (Å²) in [6.07, 6.45) is 14.6.